The van der Waals surface area contributed by atoms with E-state index in [2.05, 4.69) is 26.3 Å². The van der Waals surface area contributed by atoms with Crippen molar-refractivity contribution in [1.82, 2.24) is 21.2 Å². The number of thiophene rings is 1. The first kappa shape index (κ1) is 25.4. The normalized spacial score (nSPS) is 14.4. The molecular weight excluding hydrogens is 523 g/mol. The van der Waals surface area contributed by atoms with Gasteiger partial charge < -0.3 is 10.7 Å². The van der Waals surface area contributed by atoms with Gasteiger partial charge in [0.1, 0.15) is 0 Å². The zero-order valence-corrected chi connectivity index (χ0v) is 21.5. The first-order chi connectivity index (χ1) is 17.2. The number of nitrogens with zero attached hydrogens (tertiary/aromatic N) is 3. The quantitative estimate of drug-likeness (QED) is 0.304. The lowest BCUT2D eigenvalue weighted by Gasteiger charge is -2.14. The van der Waals surface area contributed by atoms with E-state index >= 15 is 0 Å². The van der Waals surface area contributed by atoms with Crippen LogP contribution in [0.4, 0.5) is 5.69 Å². The molecule has 0 radical (unpaired) electrons. The summed E-state index contributed by atoms with van der Waals surface area (Å²) in [7, 11) is 0. The lowest BCUT2D eigenvalue weighted by atomic mass is 10.1. The summed E-state index contributed by atoms with van der Waals surface area (Å²) in [5.41, 5.74) is 7.84. The lowest BCUT2D eigenvalue weighted by molar-refractivity contribution is -0.114. The number of anilines is 1. The fourth-order valence-electron chi connectivity index (χ4n) is 3.36. The van der Waals surface area contributed by atoms with Crippen LogP contribution in [0.25, 0.3) is 0 Å². The molecule has 0 saturated heterocycles. The fraction of sp³-hybridized carbons (Fsp3) is 0.125. The van der Waals surface area contributed by atoms with Gasteiger partial charge in [0.15, 0.2) is 0 Å². The Labute approximate surface area is 220 Å². The van der Waals surface area contributed by atoms with Gasteiger partial charge in [-0.05, 0) is 55.8 Å². The van der Waals surface area contributed by atoms with Crippen molar-refractivity contribution >= 4 is 63.7 Å². The van der Waals surface area contributed by atoms with E-state index < -0.39 is 5.91 Å². The van der Waals surface area contributed by atoms with E-state index in [1.54, 1.807) is 62.6 Å². The van der Waals surface area contributed by atoms with Gasteiger partial charge in [0.05, 0.1) is 36.8 Å². The van der Waals surface area contributed by atoms with Gasteiger partial charge in [0, 0.05) is 24.6 Å². The van der Waals surface area contributed by atoms with Crippen LogP contribution in [-0.4, -0.2) is 28.4 Å². The lowest BCUT2D eigenvalue weighted by Crippen LogP contribution is -2.37. The minimum atomic E-state index is -0.451. The number of nitrogens with one attached hydrogen (secondary N) is 3. The molecule has 3 aromatic rings. The van der Waals surface area contributed by atoms with Crippen molar-refractivity contribution in [3.05, 3.63) is 91.5 Å². The highest BCUT2D eigenvalue weighted by molar-refractivity contribution is 7.15. The van der Waals surface area contributed by atoms with Crippen molar-refractivity contribution in [2.45, 2.75) is 20.4 Å². The van der Waals surface area contributed by atoms with Gasteiger partial charge in [-0.25, -0.2) is 0 Å². The molecule has 3 amide bonds. The number of hydrogen-bond acceptors (Lipinski definition) is 7. The number of hydrazone groups is 1. The van der Waals surface area contributed by atoms with Crippen molar-refractivity contribution < 1.29 is 14.4 Å². The number of carbonyl (C=O) groups excluding carboxylic acids is 3. The maximum Gasteiger partial charge on any atom is 0.282 e. The second-order valence-electron chi connectivity index (χ2n) is 7.69. The third-order valence-electron chi connectivity index (χ3n) is 5.13. The number of aromatic nitrogens is 1. The molecule has 4 rings (SSSR count). The SMILES string of the molecule is CC1=NN(c2ccc(Cl)c(Cl)c2)C(=O)/C1=C(/C)NNC(=O)c1ccc(C(=O)NCc2cccnc2)s1. The van der Waals surface area contributed by atoms with Crippen molar-refractivity contribution in [2.24, 2.45) is 5.10 Å². The number of hydrogen-bond donors (Lipinski definition) is 3. The number of allylic oxidation sites excluding steroid dienone is 1. The molecule has 1 aliphatic heterocycles. The first-order valence-electron chi connectivity index (χ1n) is 10.6. The molecule has 0 saturated carbocycles. The number of halogens is 2. The highest BCUT2D eigenvalue weighted by atomic mass is 35.5. The Kier molecular flexibility index (Phi) is 7.68. The zero-order valence-electron chi connectivity index (χ0n) is 19.1. The Morgan fingerprint density at radius 3 is 2.47 bits per heavy atom. The monoisotopic (exact) mass is 542 g/mol. The van der Waals surface area contributed by atoms with E-state index in [0.29, 0.717) is 49.0 Å². The van der Waals surface area contributed by atoms with E-state index in [1.165, 1.54) is 5.01 Å². The molecule has 1 aliphatic rings. The second-order valence-corrected chi connectivity index (χ2v) is 9.59. The van der Waals surface area contributed by atoms with Crippen LogP contribution in [0.1, 0.15) is 38.8 Å². The molecule has 0 unspecified atom stereocenters. The van der Waals surface area contributed by atoms with Crippen molar-refractivity contribution in [3.63, 3.8) is 0 Å². The third kappa shape index (κ3) is 5.56. The highest BCUT2D eigenvalue weighted by Crippen LogP contribution is 2.30. The summed E-state index contributed by atoms with van der Waals surface area (Å²) in [4.78, 5) is 42.7. The molecule has 3 N–H and O–H groups in total. The van der Waals surface area contributed by atoms with Crippen LogP contribution in [0.2, 0.25) is 10.0 Å². The Morgan fingerprint density at radius 2 is 1.78 bits per heavy atom. The highest BCUT2D eigenvalue weighted by Gasteiger charge is 2.31. The number of amides is 3. The average Bonchev–Trinajstić information content (AvgIpc) is 3.48. The third-order valence-corrected chi connectivity index (χ3v) is 6.96. The standard InChI is InChI=1S/C24H20Cl2N6O3S/c1-13(21-14(2)31-32(24(21)35)16-5-6-17(25)18(26)10-16)29-30-23(34)20-8-7-19(36-20)22(33)28-12-15-4-3-9-27-11-15/h3-11,29H,12H2,1-2H3,(H,28,33)(H,30,34)/b21-13-. The van der Waals surface area contributed by atoms with Crippen molar-refractivity contribution in [3.8, 4) is 0 Å². The molecule has 0 spiro atoms. The second kappa shape index (κ2) is 10.9. The molecule has 0 fully saturated rings. The number of benzene rings is 1. The van der Waals surface area contributed by atoms with Gasteiger partial charge >= 0.3 is 0 Å². The number of hydrazine groups is 1. The molecule has 1 aromatic carbocycles. The first-order valence-corrected chi connectivity index (χ1v) is 12.2. The van der Waals surface area contributed by atoms with Gasteiger partial charge in [-0.3, -0.25) is 24.8 Å². The fourth-order valence-corrected chi connectivity index (χ4v) is 4.47. The van der Waals surface area contributed by atoms with Crippen LogP contribution in [-0.2, 0) is 11.3 Å². The van der Waals surface area contributed by atoms with Crippen LogP contribution in [0.3, 0.4) is 0 Å². The molecule has 36 heavy (non-hydrogen) atoms. The van der Waals surface area contributed by atoms with Gasteiger partial charge in [-0.15, -0.1) is 11.3 Å². The van der Waals surface area contributed by atoms with Gasteiger partial charge in [-0.2, -0.15) is 10.1 Å². The topological polar surface area (TPSA) is 116 Å². The van der Waals surface area contributed by atoms with Gasteiger partial charge in [0.2, 0.25) is 0 Å². The minimum absolute atomic E-state index is 0.292. The zero-order chi connectivity index (χ0) is 25.8. The summed E-state index contributed by atoms with van der Waals surface area (Å²) in [6, 6.07) is 11.5. The van der Waals surface area contributed by atoms with Crippen molar-refractivity contribution in [2.75, 3.05) is 5.01 Å². The average molecular weight is 543 g/mol. The van der Waals surface area contributed by atoms with Crippen LogP contribution < -0.4 is 21.2 Å². The molecule has 184 valence electrons. The molecule has 2 aromatic heterocycles. The predicted molar refractivity (Wildman–Crippen MR) is 140 cm³/mol. The predicted octanol–water partition coefficient (Wildman–Crippen LogP) is 4.31. The summed E-state index contributed by atoms with van der Waals surface area (Å²) >= 11 is 13.1. The maximum absolute atomic E-state index is 13.0. The summed E-state index contributed by atoms with van der Waals surface area (Å²) in [6.45, 7) is 3.67. The maximum atomic E-state index is 13.0. The molecule has 12 heteroatoms. The smallest absolute Gasteiger partial charge is 0.282 e. The molecule has 3 heterocycles. The number of rotatable bonds is 7. The van der Waals surface area contributed by atoms with Gasteiger partial charge in [-0.1, -0.05) is 29.3 Å². The summed E-state index contributed by atoms with van der Waals surface area (Å²) < 4.78 is 0. The Morgan fingerprint density at radius 1 is 1.03 bits per heavy atom. The molecular formula is C24H20Cl2N6O3S. The molecule has 0 atom stereocenters. The number of carbonyl (C=O) groups is 3. The Balaban J connectivity index is 1.37. The molecule has 0 aliphatic carbocycles. The van der Waals surface area contributed by atoms with E-state index in [0.717, 1.165) is 16.9 Å². The molecule has 0 bridgehead atoms. The Hall–Kier alpha value is -3.73. The van der Waals surface area contributed by atoms with E-state index in [9.17, 15) is 14.4 Å². The van der Waals surface area contributed by atoms with E-state index in [-0.39, 0.29) is 11.8 Å². The van der Waals surface area contributed by atoms with Crippen LogP contribution >= 0.6 is 34.5 Å². The summed E-state index contributed by atoms with van der Waals surface area (Å²) in [5.74, 6) is -1.12. The van der Waals surface area contributed by atoms with Crippen LogP contribution in [0.5, 0.6) is 0 Å². The van der Waals surface area contributed by atoms with Crippen molar-refractivity contribution in [1.29, 1.82) is 0 Å². The van der Waals surface area contributed by atoms with Gasteiger partial charge in [0.25, 0.3) is 17.7 Å². The van der Waals surface area contributed by atoms with Crippen LogP contribution in [0, 0.1) is 0 Å². The molecule has 9 nitrogen and oxygen atoms in total. The largest absolute Gasteiger partial charge is 0.347 e. The minimum Gasteiger partial charge on any atom is -0.347 e. The van der Waals surface area contributed by atoms with E-state index in [1.807, 2.05) is 6.07 Å². The van der Waals surface area contributed by atoms with Crippen LogP contribution in [0.15, 0.2) is 71.2 Å². The Bertz CT molecular complexity index is 1400. The van der Waals surface area contributed by atoms with E-state index in [4.69, 9.17) is 23.2 Å². The number of pyridine rings is 1. The summed E-state index contributed by atoms with van der Waals surface area (Å²) in [6.07, 6.45) is 3.32. The summed E-state index contributed by atoms with van der Waals surface area (Å²) in [5, 5.41) is 8.98.